The molecule has 2 aromatic heterocycles. The van der Waals surface area contributed by atoms with Crippen LogP contribution < -0.4 is 0 Å². The second-order valence-corrected chi connectivity index (χ2v) is 8.01. The maximum absolute atomic E-state index is 13.4. The van der Waals surface area contributed by atoms with Crippen LogP contribution in [0.25, 0.3) is 11.0 Å². The molecule has 0 aliphatic carbocycles. The third-order valence-electron chi connectivity index (χ3n) is 5.23. The van der Waals surface area contributed by atoms with Crippen LogP contribution in [-0.4, -0.2) is 51.2 Å². The van der Waals surface area contributed by atoms with Crippen molar-refractivity contribution >= 4 is 22.9 Å². The van der Waals surface area contributed by atoms with Crippen LogP contribution in [0.5, 0.6) is 0 Å². The summed E-state index contributed by atoms with van der Waals surface area (Å²) < 4.78 is 7.02. The highest BCUT2D eigenvalue weighted by atomic mass is 16.5. The zero-order chi connectivity index (χ0) is 20.4. The predicted molar refractivity (Wildman–Crippen MR) is 107 cm³/mol. The molecule has 1 fully saturated rings. The molecule has 152 valence electrons. The number of pyridine rings is 1. The van der Waals surface area contributed by atoms with Gasteiger partial charge in [-0.2, -0.15) is 5.10 Å². The number of hydrogen-bond donors (Lipinski definition) is 0. The number of carbonyl (C=O) groups is 2. The van der Waals surface area contributed by atoms with Crippen molar-refractivity contribution < 1.29 is 14.3 Å². The van der Waals surface area contributed by atoms with Gasteiger partial charge in [-0.25, -0.2) is 9.67 Å². The number of ether oxygens (including phenoxy) is 1. The number of esters is 1. The minimum atomic E-state index is -0.252. The molecule has 1 saturated heterocycles. The molecule has 3 rings (SSSR count). The van der Waals surface area contributed by atoms with E-state index in [1.807, 2.05) is 24.6 Å². The van der Waals surface area contributed by atoms with Gasteiger partial charge in [0.1, 0.15) is 0 Å². The standard InChI is InChI=1S/C21H30N4O3/c1-6-28-21(27)15-8-7-9-24(12-15)20(26)16-10-18(13(2)3)23-19-17(16)11-22-25(19)14(4)5/h10-11,13-15H,6-9,12H2,1-5H3. The summed E-state index contributed by atoms with van der Waals surface area (Å²) in [6.07, 6.45) is 3.29. The summed E-state index contributed by atoms with van der Waals surface area (Å²) in [5.74, 6) is -0.333. The zero-order valence-corrected chi connectivity index (χ0v) is 17.4. The van der Waals surface area contributed by atoms with Gasteiger partial charge in [0.15, 0.2) is 5.65 Å². The first kappa shape index (κ1) is 20.3. The molecular weight excluding hydrogens is 356 g/mol. The van der Waals surface area contributed by atoms with E-state index < -0.39 is 0 Å². The minimum absolute atomic E-state index is 0.0633. The second-order valence-electron chi connectivity index (χ2n) is 8.01. The highest BCUT2D eigenvalue weighted by molar-refractivity contribution is 6.05. The smallest absolute Gasteiger partial charge is 0.310 e. The number of likely N-dealkylation sites (tertiary alicyclic amines) is 1. The fourth-order valence-electron chi connectivity index (χ4n) is 3.67. The molecule has 7 nitrogen and oxygen atoms in total. The van der Waals surface area contributed by atoms with Gasteiger partial charge >= 0.3 is 5.97 Å². The van der Waals surface area contributed by atoms with E-state index in [1.54, 1.807) is 18.0 Å². The van der Waals surface area contributed by atoms with Crippen LogP contribution in [0.1, 0.15) is 75.5 Å². The van der Waals surface area contributed by atoms with Gasteiger partial charge < -0.3 is 9.64 Å². The fourth-order valence-corrected chi connectivity index (χ4v) is 3.67. The van der Waals surface area contributed by atoms with Crippen LogP contribution in [-0.2, 0) is 9.53 Å². The van der Waals surface area contributed by atoms with E-state index in [0.717, 1.165) is 29.6 Å². The maximum Gasteiger partial charge on any atom is 0.310 e. The van der Waals surface area contributed by atoms with Gasteiger partial charge in [0.25, 0.3) is 5.91 Å². The van der Waals surface area contributed by atoms with Crippen molar-refractivity contribution in [2.45, 2.75) is 59.4 Å². The summed E-state index contributed by atoms with van der Waals surface area (Å²) in [4.78, 5) is 32.1. The highest BCUT2D eigenvalue weighted by Crippen LogP contribution is 2.27. The lowest BCUT2D eigenvalue weighted by atomic mass is 9.97. The molecule has 1 aliphatic rings. The topological polar surface area (TPSA) is 77.3 Å². The molecule has 0 saturated carbocycles. The lowest BCUT2D eigenvalue weighted by Crippen LogP contribution is -2.43. The molecule has 0 spiro atoms. The molecule has 1 atom stereocenters. The Balaban J connectivity index is 1.97. The predicted octanol–water partition coefficient (Wildman–Crippen LogP) is 3.55. The third-order valence-corrected chi connectivity index (χ3v) is 5.23. The van der Waals surface area contributed by atoms with Crippen LogP contribution in [0.2, 0.25) is 0 Å². The Bertz CT molecular complexity index is 872. The number of carbonyl (C=O) groups excluding carboxylic acids is 2. The molecule has 1 aliphatic heterocycles. The average Bonchev–Trinajstić information content (AvgIpc) is 3.11. The molecule has 28 heavy (non-hydrogen) atoms. The van der Waals surface area contributed by atoms with E-state index in [-0.39, 0.29) is 29.8 Å². The summed E-state index contributed by atoms with van der Waals surface area (Å²) in [5.41, 5.74) is 2.23. The minimum Gasteiger partial charge on any atom is -0.466 e. The van der Waals surface area contributed by atoms with Crippen molar-refractivity contribution in [1.29, 1.82) is 0 Å². The average molecular weight is 386 g/mol. The van der Waals surface area contributed by atoms with E-state index in [1.165, 1.54) is 0 Å². The van der Waals surface area contributed by atoms with Crippen molar-refractivity contribution in [2.75, 3.05) is 19.7 Å². The molecule has 2 aromatic rings. The van der Waals surface area contributed by atoms with E-state index in [9.17, 15) is 9.59 Å². The van der Waals surface area contributed by atoms with E-state index in [2.05, 4.69) is 18.9 Å². The number of hydrogen-bond acceptors (Lipinski definition) is 5. The molecular formula is C21H30N4O3. The van der Waals surface area contributed by atoms with Gasteiger partial charge in [-0.1, -0.05) is 13.8 Å². The summed E-state index contributed by atoms with van der Waals surface area (Å²) in [6.45, 7) is 11.4. The highest BCUT2D eigenvalue weighted by Gasteiger charge is 2.31. The molecule has 0 bridgehead atoms. The van der Waals surface area contributed by atoms with Crippen LogP contribution in [0, 0.1) is 5.92 Å². The van der Waals surface area contributed by atoms with Crippen molar-refractivity contribution in [3.63, 3.8) is 0 Å². The number of aromatic nitrogens is 3. The summed E-state index contributed by atoms with van der Waals surface area (Å²) in [7, 11) is 0. The Morgan fingerprint density at radius 3 is 2.68 bits per heavy atom. The monoisotopic (exact) mass is 386 g/mol. The maximum atomic E-state index is 13.4. The Labute approximate surface area is 166 Å². The second kappa shape index (κ2) is 8.29. The molecule has 3 heterocycles. The first-order valence-corrected chi connectivity index (χ1v) is 10.2. The van der Waals surface area contributed by atoms with Crippen molar-refractivity contribution in [1.82, 2.24) is 19.7 Å². The number of fused-ring (bicyclic) bond motifs is 1. The van der Waals surface area contributed by atoms with Gasteiger partial charge in [-0.05, 0) is 45.6 Å². The van der Waals surface area contributed by atoms with Gasteiger partial charge in [-0.15, -0.1) is 0 Å². The van der Waals surface area contributed by atoms with Crippen molar-refractivity contribution in [2.24, 2.45) is 5.92 Å². The fraction of sp³-hybridized carbons (Fsp3) is 0.619. The molecule has 0 N–H and O–H groups in total. The largest absolute Gasteiger partial charge is 0.466 e. The lowest BCUT2D eigenvalue weighted by Gasteiger charge is -2.31. The van der Waals surface area contributed by atoms with Gasteiger partial charge in [0, 0.05) is 24.8 Å². The van der Waals surface area contributed by atoms with Crippen LogP contribution in [0.15, 0.2) is 12.3 Å². The number of amides is 1. The number of rotatable bonds is 5. The quantitative estimate of drug-likeness (QED) is 0.735. The van der Waals surface area contributed by atoms with Crippen LogP contribution in [0.3, 0.4) is 0 Å². The Morgan fingerprint density at radius 2 is 2.04 bits per heavy atom. The normalized spacial score (nSPS) is 17.5. The van der Waals surface area contributed by atoms with E-state index in [0.29, 0.717) is 25.3 Å². The molecule has 0 aromatic carbocycles. The van der Waals surface area contributed by atoms with E-state index >= 15 is 0 Å². The molecule has 1 amide bonds. The van der Waals surface area contributed by atoms with Gasteiger partial charge in [0.2, 0.25) is 0 Å². The molecule has 0 radical (unpaired) electrons. The van der Waals surface area contributed by atoms with Crippen LogP contribution >= 0.6 is 0 Å². The van der Waals surface area contributed by atoms with Gasteiger partial charge in [-0.3, -0.25) is 9.59 Å². The Kier molecular flexibility index (Phi) is 6.01. The Hall–Kier alpha value is -2.44. The van der Waals surface area contributed by atoms with Crippen molar-refractivity contribution in [3.05, 3.63) is 23.5 Å². The first-order valence-electron chi connectivity index (χ1n) is 10.2. The number of nitrogens with zero attached hydrogens (tertiary/aromatic N) is 4. The zero-order valence-electron chi connectivity index (χ0n) is 17.4. The molecule has 1 unspecified atom stereocenters. The van der Waals surface area contributed by atoms with Crippen LogP contribution in [0.4, 0.5) is 0 Å². The Morgan fingerprint density at radius 1 is 1.29 bits per heavy atom. The van der Waals surface area contributed by atoms with Gasteiger partial charge in [0.05, 0.1) is 29.7 Å². The SMILES string of the molecule is CCOC(=O)C1CCCN(C(=O)c2cc(C(C)C)nc3c2cnn3C(C)C)C1. The lowest BCUT2D eigenvalue weighted by molar-refractivity contribution is -0.149. The van der Waals surface area contributed by atoms with E-state index in [4.69, 9.17) is 9.72 Å². The van der Waals surface area contributed by atoms with Crippen molar-refractivity contribution in [3.8, 4) is 0 Å². The summed E-state index contributed by atoms with van der Waals surface area (Å²) >= 11 is 0. The summed E-state index contributed by atoms with van der Waals surface area (Å²) in [6, 6.07) is 2.04. The molecule has 7 heteroatoms. The number of piperidine rings is 1. The third kappa shape index (κ3) is 3.88. The first-order chi connectivity index (χ1) is 13.3. The summed E-state index contributed by atoms with van der Waals surface area (Å²) in [5, 5.41) is 5.23.